The third-order valence-electron chi connectivity index (χ3n) is 12.3. The number of benzene rings is 8. The van der Waals surface area contributed by atoms with Gasteiger partial charge in [-0.15, -0.1) is 11.8 Å². The fourth-order valence-electron chi connectivity index (χ4n) is 9.48. The Bertz CT molecular complexity index is 2660. The minimum Gasteiger partial charge on any atom is -0.478 e. The molecule has 0 spiro atoms. The fraction of sp³-hybridized carbons (Fsp3) is 0.0943. The van der Waals surface area contributed by atoms with Gasteiger partial charge in [-0.25, -0.2) is 0 Å². The maximum absolute atomic E-state index is 7.44. The van der Waals surface area contributed by atoms with Gasteiger partial charge in [0.1, 0.15) is 5.75 Å². The van der Waals surface area contributed by atoms with Crippen LogP contribution < -0.4 is 35.3 Å². The van der Waals surface area contributed by atoms with Crippen LogP contribution in [0.1, 0.15) is 37.5 Å². The van der Waals surface area contributed by atoms with Crippen molar-refractivity contribution in [3.63, 3.8) is 0 Å². The second-order valence-corrected chi connectivity index (χ2v) is 18.2. The molecule has 4 nitrogen and oxygen atoms in total. The maximum atomic E-state index is 7.44. The number of rotatable bonds is 7. The summed E-state index contributed by atoms with van der Waals surface area (Å²) < 4.78 is 15.1. The van der Waals surface area contributed by atoms with Gasteiger partial charge in [-0.05, 0) is 85.7 Å². The summed E-state index contributed by atoms with van der Waals surface area (Å²) in [7, 11) is 0. The molecule has 0 amide bonds. The van der Waals surface area contributed by atoms with Gasteiger partial charge in [-0.1, -0.05) is 176 Å². The Morgan fingerprint density at radius 2 is 0.787 bits per heavy atom. The van der Waals surface area contributed by atoms with Gasteiger partial charge in [0.05, 0.1) is 0 Å². The monoisotopic (exact) mass is 805 g/mol. The van der Waals surface area contributed by atoms with Crippen LogP contribution in [0, 0.1) is 0 Å². The summed E-state index contributed by atoms with van der Waals surface area (Å²) in [6, 6.07) is 81.4. The molecular formula is C53H46B3N3OS. The highest BCUT2D eigenvalue weighted by Gasteiger charge is 2.56. The van der Waals surface area contributed by atoms with Crippen molar-refractivity contribution >= 4 is 66.2 Å². The van der Waals surface area contributed by atoms with Gasteiger partial charge < -0.3 is 18.9 Å². The third-order valence-corrected chi connectivity index (χ3v) is 13.6. The van der Waals surface area contributed by atoms with Crippen molar-refractivity contribution in [2.75, 3.05) is 14.2 Å². The highest BCUT2D eigenvalue weighted by Crippen LogP contribution is 2.52. The minimum absolute atomic E-state index is 0.198. The zero-order valence-electron chi connectivity index (χ0n) is 34.8. The molecule has 2 heterocycles. The second-order valence-electron chi connectivity index (χ2n) is 16.5. The van der Waals surface area contributed by atoms with E-state index in [9.17, 15) is 0 Å². The molecule has 0 radical (unpaired) electrons. The first-order chi connectivity index (χ1) is 29.9. The molecule has 1 fully saturated rings. The SMILES string of the molecule is CC1(C)Sc2ccccc2C(C)(c2cccc(N3B(c4ccccc4)N(c4ccccc4)B(c4ccccc4)N(c4ccccc4)B3c3ccccc3)c2)Oc2ccccc21. The van der Waals surface area contributed by atoms with Gasteiger partial charge in [0.2, 0.25) is 0 Å². The first kappa shape index (κ1) is 38.7. The molecule has 1 saturated heterocycles. The molecule has 0 aromatic heterocycles. The van der Waals surface area contributed by atoms with E-state index in [-0.39, 0.29) is 25.7 Å². The van der Waals surface area contributed by atoms with Crippen LogP contribution in [0.2, 0.25) is 0 Å². The van der Waals surface area contributed by atoms with Gasteiger partial charge >= 0.3 is 20.9 Å². The molecule has 8 aromatic carbocycles. The van der Waals surface area contributed by atoms with Gasteiger partial charge in [0.25, 0.3) is 0 Å². The Labute approximate surface area is 366 Å². The Morgan fingerprint density at radius 1 is 0.393 bits per heavy atom. The summed E-state index contributed by atoms with van der Waals surface area (Å²) in [6.45, 7) is 6.15. The molecule has 0 aliphatic carbocycles. The molecule has 0 saturated carbocycles. The largest absolute Gasteiger partial charge is 0.478 e. The number of fused-ring (bicyclic) bond motifs is 2. The molecule has 0 bridgehead atoms. The number of hydrogen-bond acceptors (Lipinski definition) is 5. The molecule has 0 N–H and O–H groups in total. The minimum atomic E-state index is -0.822. The zero-order chi connectivity index (χ0) is 41.4. The number of nitrogens with zero attached hydrogens (tertiary/aromatic N) is 3. The summed E-state index contributed by atoms with van der Waals surface area (Å²) in [5.41, 5.74) is 9.51. The highest BCUT2D eigenvalue weighted by atomic mass is 32.2. The lowest BCUT2D eigenvalue weighted by molar-refractivity contribution is 0.126. The zero-order valence-corrected chi connectivity index (χ0v) is 35.6. The van der Waals surface area contributed by atoms with E-state index in [1.807, 2.05) is 11.8 Å². The van der Waals surface area contributed by atoms with Crippen LogP contribution in [0.3, 0.4) is 0 Å². The Hall–Kier alpha value is -6.50. The van der Waals surface area contributed by atoms with Gasteiger partial charge in [0.15, 0.2) is 5.60 Å². The second kappa shape index (κ2) is 16.2. The van der Waals surface area contributed by atoms with Gasteiger partial charge in [0, 0.05) is 43.4 Å². The van der Waals surface area contributed by atoms with Crippen LogP contribution in [0.25, 0.3) is 0 Å². The average molecular weight is 805 g/mol. The van der Waals surface area contributed by atoms with Crippen LogP contribution >= 0.6 is 11.8 Å². The summed E-state index contributed by atoms with van der Waals surface area (Å²) in [4.78, 5) is 1.22. The molecule has 294 valence electrons. The van der Waals surface area contributed by atoms with E-state index in [1.54, 1.807) is 0 Å². The lowest BCUT2D eigenvalue weighted by Crippen LogP contribution is -2.86. The number of hydrogen-bond donors (Lipinski definition) is 0. The first-order valence-corrected chi connectivity index (χ1v) is 22.0. The van der Waals surface area contributed by atoms with Crippen molar-refractivity contribution in [2.24, 2.45) is 0 Å². The van der Waals surface area contributed by atoms with Crippen LogP contribution in [0.4, 0.5) is 17.1 Å². The predicted octanol–water partition coefficient (Wildman–Crippen LogP) is 10.4. The lowest BCUT2D eigenvalue weighted by atomic mass is 9.37. The number of para-hydroxylation sites is 3. The van der Waals surface area contributed by atoms with E-state index in [0.29, 0.717) is 0 Å². The number of anilines is 3. The van der Waals surface area contributed by atoms with E-state index in [0.717, 1.165) is 33.9 Å². The smallest absolute Gasteiger partial charge is 0.388 e. The van der Waals surface area contributed by atoms with E-state index in [1.165, 1.54) is 26.8 Å². The Morgan fingerprint density at radius 3 is 1.30 bits per heavy atom. The normalized spacial score (nSPS) is 17.2. The predicted molar refractivity (Wildman–Crippen MR) is 261 cm³/mol. The standard InChI is InChI=1S/C53H46B3N3OS/c1-52(2)48-36-19-21-38-50(48)60-53(3,49-37-20-22-39-51(49)61-52)41-24-23-35-47(40-41)59-55(43-27-11-5-12-28-43)57(45-31-15-7-16-32-45)54(42-25-9-4-10-26-42)58(46-33-17-8-18-34-46)56(59)44-29-13-6-14-30-44/h4-40H,1-3H3. The Balaban J connectivity index is 1.26. The van der Waals surface area contributed by atoms with Crippen molar-refractivity contribution in [3.05, 3.63) is 241 Å². The molecule has 10 rings (SSSR count). The van der Waals surface area contributed by atoms with Gasteiger partial charge in [-0.3, -0.25) is 0 Å². The molecule has 1 atom stereocenters. The average Bonchev–Trinajstić information content (AvgIpc) is 3.32. The molecule has 61 heavy (non-hydrogen) atoms. The highest BCUT2D eigenvalue weighted by molar-refractivity contribution is 8.00. The summed E-state index contributed by atoms with van der Waals surface area (Å²) in [6.07, 6.45) is 0. The fourth-order valence-corrected chi connectivity index (χ4v) is 10.8. The van der Waals surface area contributed by atoms with Crippen molar-refractivity contribution < 1.29 is 4.74 Å². The van der Waals surface area contributed by atoms with E-state index in [4.69, 9.17) is 4.74 Å². The van der Waals surface area contributed by atoms with Crippen LogP contribution in [0.15, 0.2) is 229 Å². The number of ether oxygens (including phenoxy) is 1. The summed E-state index contributed by atoms with van der Waals surface area (Å²) >= 11 is 1.91. The molecule has 2 aliphatic rings. The van der Waals surface area contributed by atoms with Crippen molar-refractivity contribution in [1.29, 1.82) is 0 Å². The lowest BCUT2D eigenvalue weighted by Gasteiger charge is -2.57. The van der Waals surface area contributed by atoms with Crippen molar-refractivity contribution in [3.8, 4) is 5.75 Å². The van der Waals surface area contributed by atoms with Crippen molar-refractivity contribution in [1.82, 2.24) is 0 Å². The van der Waals surface area contributed by atoms with E-state index < -0.39 is 5.60 Å². The first-order valence-electron chi connectivity index (χ1n) is 21.2. The van der Waals surface area contributed by atoms with Crippen molar-refractivity contribution in [2.45, 2.75) is 36.0 Å². The van der Waals surface area contributed by atoms with Gasteiger partial charge in [-0.2, -0.15) is 0 Å². The molecular weight excluding hydrogens is 759 g/mol. The summed E-state index contributed by atoms with van der Waals surface area (Å²) in [5.74, 6) is 0.904. The summed E-state index contributed by atoms with van der Waals surface area (Å²) in [5, 5.41) is 0. The number of thioether (sulfide) groups is 1. The van der Waals surface area contributed by atoms with E-state index >= 15 is 0 Å². The maximum Gasteiger partial charge on any atom is 0.388 e. The third kappa shape index (κ3) is 7.09. The molecule has 2 aliphatic heterocycles. The molecule has 1 unspecified atom stereocenters. The quantitative estimate of drug-likeness (QED) is 0.149. The molecule has 8 heteroatoms. The van der Waals surface area contributed by atoms with Crippen LogP contribution in [0.5, 0.6) is 5.75 Å². The molecule has 8 aromatic rings. The van der Waals surface area contributed by atoms with Crippen LogP contribution in [-0.4, -0.2) is 20.9 Å². The van der Waals surface area contributed by atoms with Crippen LogP contribution in [-0.2, 0) is 10.3 Å². The van der Waals surface area contributed by atoms with E-state index in [2.05, 4.69) is 259 Å². The Kier molecular flexibility index (Phi) is 10.3. The topological polar surface area (TPSA) is 19.0 Å².